The molecule has 138 valence electrons. The maximum absolute atomic E-state index is 13.0. The van der Waals surface area contributed by atoms with Crippen LogP contribution in [-0.4, -0.2) is 38.7 Å². The summed E-state index contributed by atoms with van der Waals surface area (Å²) in [6, 6.07) is 13.7. The topological polar surface area (TPSA) is 48.0 Å². The molecule has 1 saturated heterocycles. The Morgan fingerprint density at radius 3 is 2.35 bits per heavy atom. The average Bonchev–Trinajstić information content (AvgIpc) is 3.18. The van der Waals surface area contributed by atoms with E-state index in [1.165, 1.54) is 0 Å². The van der Waals surface area contributed by atoms with Gasteiger partial charge in [0.05, 0.1) is 33.8 Å². The fraction of sp³-hybridized carbons (Fsp3) is 0.381. The Morgan fingerprint density at radius 1 is 1.00 bits per heavy atom. The standard InChI is InChI=1S/C21H25NO4/c1-24-17-9-6-15(7-10-17)19-5-4-12-22(19)21(23)13-16-8-11-18(25-2)14-20(16)26-3/h6-11,14,19H,4-5,12-13H2,1-3H3/t19-/m0/s1. The van der Waals surface area contributed by atoms with Crippen LogP contribution in [0, 0.1) is 0 Å². The molecule has 5 nitrogen and oxygen atoms in total. The number of carbonyl (C=O) groups excluding carboxylic acids is 1. The summed E-state index contributed by atoms with van der Waals surface area (Å²) in [5, 5.41) is 0. The van der Waals surface area contributed by atoms with Crippen molar-refractivity contribution in [3.63, 3.8) is 0 Å². The number of rotatable bonds is 6. The highest BCUT2D eigenvalue weighted by molar-refractivity contribution is 5.80. The van der Waals surface area contributed by atoms with Crippen LogP contribution in [0.25, 0.3) is 0 Å². The number of hydrogen-bond acceptors (Lipinski definition) is 4. The van der Waals surface area contributed by atoms with E-state index in [4.69, 9.17) is 14.2 Å². The van der Waals surface area contributed by atoms with E-state index in [0.717, 1.165) is 42.0 Å². The molecule has 1 atom stereocenters. The minimum atomic E-state index is 0.117. The number of nitrogens with zero attached hydrogens (tertiary/aromatic N) is 1. The lowest BCUT2D eigenvalue weighted by Crippen LogP contribution is -2.31. The smallest absolute Gasteiger partial charge is 0.227 e. The van der Waals surface area contributed by atoms with E-state index in [9.17, 15) is 4.79 Å². The van der Waals surface area contributed by atoms with Gasteiger partial charge >= 0.3 is 0 Å². The SMILES string of the molecule is COc1ccc([C@@H]2CCCN2C(=O)Cc2ccc(OC)cc2OC)cc1. The van der Waals surface area contributed by atoms with Crippen molar-refractivity contribution in [1.29, 1.82) is 0 Å². The third-order valence-electron chi connectivity index (χ3n) is 4.91. The van der Waals surface area contributed by atoms with Gasteiger partial charge < -0.3 is 19.1 Å². The van der Waals surface area contributed by atoms with E-state index >= 15 is 0 Å². The van der Waals surface area contributed by atoms with Crippen LogP contribution in [0.2, 0.25) is 0 Å². The van der Waals surface area contributed by atoms with Crippen molar-refractivity contribution in [1.82, 2.24) is 4.90 Å². The van der Waals surface area contributed by atoms with Crippen molar-refractivity contribution in [3.05, 3.63) is 53.6 Å². The molecule has 2 aromatic carbocycles. The van der Waals surface area contributed by atoms with Gasteiger partial charge in [-0.05, 0) is 36.6 Å². The summed E-state index contributed by atoms with van der Waals surface area (Å²) in [7, 11) is 4.88. The molecule has 0 saturated carbocycles. The van der Waals surface area contributed by atoms with Crippen molar-refractivity contribution in [2.75, 3.05) is 27.9 Å². The lowest BCUT2D eigenvalue weighted by Gasteiger charge is -2.25. The second-order valence-corrected chi connectivity index (χ2v) is 6.37. The third kappa shape index (κ3) is 3.77. The molecule has 0 spiro atoms. The number of methoxy groups -OCH3 is 3. The first kappa shape index (κ1) is 18.1. The van der Waals surface area contributed by atoms with E-state index in [0.29, 0.717) is 12.2 Å². The minimum absolute atomic E-state index is 0.117. The van der Waals surface area contributed by atoms with E-state index < -0.39 is 0 Å². The number of ether oxygens (including phenoxy) is 3. The van der Waals surface area contributed by atoms with Crippen LogP contribution in [0.3, 0.4) is 0 Å². The lowest BCUT2D eigenvalue weighted by molar-refractivity contribution is -0.131. The average molecular weight is 355 g/mol. The minimum Gasteiger partial charge on any atom is -0.497 e. The predicted molar refractivity (Wildman–Crippen MR) is 99.9 cm³/mol. The molecule has 0 N–H and O–H groups in total. The summed E-state index contributed by atoms with van der Waals surface area (Å²) in [5.74, 6) is 2.34. The van der Waals surface area contributed by atoms with Crippen LogP contribution < -0.4 is 14.2 Å². The quantitative estimate of drug-likeness (QED) is 0.794. The molecule has 5 heteroatoms. The van der Waals surface area contributed by atoms with Gasteiger partial charge in [0.2, 0.25) is 5.91 Å². The molecule has 0 aliphatic carbocycles. The summed E-state index contributed by atoms with van der Waals surface area (Å²) < 4.78 is 15.9. The Bertz CT molecular complexity index is 757. The zero-order chi connectivity index (χ0) is 18.5. The summed E-state index contributed by atoms with van der Waals surface area (Å²) in [5.41, 5.74) is 2.03. The third-order valence-corrected chi connectivity index (χ3v) is 4.91. The highest BCUT2D eigenvalue weighted by atomic mass is 16.5. The molecule has 0 unspecified atom stereocenters. The molecule has 2 aromatic rings. The molecular weight excluding hydrogens is 330 g/mol. The van der Waals surface area contributed by atoms with Crippen molar-refractivity contribution < 1.29 is 19.0 Å². The molecule has 0 bridgehead atoms. The fourth-order valence-corrected chi connectivity index (χ4v) is 3.50. The summed E-state index contributed by atoms with van der Waals surface area (Å²) in [6.45, 7) is 0.786. The number of likely N-dealkylation sites (tertiary alicyclic amines) is 1. The maximum Gasteiger partial charge on any atom is 0.227 e. The zero-order valence-electron chi connectivity index (χ0n) is 15.5. The molecule has 0 radical (unpaired) electrons. The first-order chi connectivity index (χ1) is 12.7. The van der Waals surface area contributed by atoms with Crippen molar-refractivity contribution in [2.24, 2.45) is 0 Å². The van der Waals surface area contributed by atoms with Crippen molar-refractivity contribution in [3.8, 4) is 17.2 Å². The van der Waals surface area contributed by atoms with Crippen LogP contribution >= 0.6 is 0 Å². The van der Waals surface area contributed by atoms with Crippen LogP contribution in [0.4, 0.5) is 0 Å². The summed E-state index contributed by atoms with van der Waals surface area (Å²) in [6.07, 6.45) is 2.32. The van der Waals surface area contributed by atoms with E-state index in [-0.39, 0.29) is 11.9 Å². The van der Waals surface area contributed by atoms with Gasteiger partial charge in [-0.25, -0.2) is 0 Å². The predicted octanol–water partition coefficient (Wildman–Crippen LogP) is 3.62. The first-order valence-electron chi connectivity index (χ1n) is 8.80. The van der Waals surface area contributed by atoms with Gasteiger partial charge in [-0.1, -0.05) is 18.2 Å². The van der Waals surface area contributed by atoms with Gasteiger partial charge in [0.25, 0.3) is 0 Å². The van der Waals surface area contributed by atoms with Crippen LogP contribution in [-0.2, 0) is 11.2 Å². The van der Waals surface area contributed by atoms with E-state index in [2.05, 4.69) is 0 Å². The monoisotopic (exact) mass is 355 g/mol. The Balaban J connectivity index is 1.76. The highest BCUT2D eigenvalue weighted by Crippen LogP contribution is 2.34. The van der Waals surface area contributed by atoms with E-state index in [1.54, 1.807) is 21.3 Å². The summed E-state index contributed by atoms with van der Waals surface area (Å²) in [4.78, 5) is 14.9. The molecule has 1 fully saturated rings. The van der Waals surface area contributed by atoms with Crippen LogP contribution in [0.5, 0.6) is 17.2 Å². The van der Waals surface area contributed by atoms with E-state index in [1.807, 2.05) is 47.4 Å². The van der Waals surface area contributed by atoms with Gasteiger partial charge in [-0.3, -0.25) is 4.79 Å². The second-order valence-electron chi connectivity index (χ2n) is 6.37. The van der Waals surface area contributed by atoms with Gasteiger partial charge in [0, 0.05) is 18.2 Å². The molecule has 0 aromatic heterocycles. The molecule has 1 aliphatic rings. The van der Waals surface area contributed by atoms with Crippen molar-refractivity contribution >= 4 is 5.91 Å². The number of hydrogen-bond donors (Lipinski definition) is 0. The molecule has 1 aliphatic heterocycles. The Hall–Kier alpha value is -2.69. The molecule has 3 rings (SSSR count). The Kier molecular flexibility index (Phi) is 5.66. The van der Waals surface area contributed by atoms with Crippen molar-refractivity contribution in [2.45, 2.75) is 25.3 Å². The van der Waals surface area contributed by atoms with Gasteiger partial charge in [0.15, 0.2) is 0 Å². The first-order valence-corrected chi connectivity index (χ1v) is 8.80. The Morgan fingerprint density at radius 2 is 1.69 bits per heavy atom. The normalized spacial score (nSPS) is 16.4. The lowest BCUT2D eigenvalue weighted by atomic mass is 10.0. The molecule has 1 amide bonds. The summed E-state index contributed by atoms with van der Waals surface area (Å²) >= 11 is 0. The highest BCUT2D eigenvalue weighted by Gasteiger charge is 2.30. The van der Waals surface area contributed by atoms with Crippen LogP contribution in [0.1, 0.15) is 30.0 Å². The maximum atomic E-state index is 13.0. The molecular formula is C21H25NO4. The number of carbonyl (C=O) groups is 1. The van der Waals surface area contributed by atoms with Crippen LogP contribution in [0.15, 0.2) is 42.5 Å². The van der Waals surface area contributed by atoms with Gasteiger partial charge in [0.1, 0.15) is 17.2 Å². The molecule has 26 heavy (non-hydrogen) atoms. The molecule has 1 heterocycles. The largest absolute Gasteiger partial charge is 0.497 e. The fourth-order valence-electron chi connectivity index (χ4n) is 3.50. The second kappa shape index (κ2) is 8.13. The van der Waals surface area contributed by atoms with Gasteiger partial charge in [-0.2, -0.15) is 0 Å². The Labute approximate surface area is 154 Å². The zero-order valence-corrected chi connectivity index (χ0v) is 15.5. The van der Waals surface area contributed by atoms with Gasteiger partial charge in [-0.15, -0.1) is 0 Å². The number of amides is 1. The number of benzene rings is 2.